The molecule has 8 aromatic carbocycles. The molecular weight excluding hydrogens is 1760 g/mol. The first-order valence-corrected chi connectivity index (χ1v) is 43.2. The number of phenolic OH excluding ortho intramolecular Hbond substituents is 2. The number of H-pyrrole nitrogens is 2. The maximum Gasteiger partial charge on any atom is 0.496 e. The van der Waals surface area contributed by atoms with Crippen molar-refractivity contribution in [1.82, 2.24) is 40.0 Å². The molecule has 1 amide bonds. The predicted molar refractivity (Wildman–Crippen MR) is 513 cm³/mol. The zero-order chi connectivity index (χ0) is 98.2. The molecule has 0 bridgehead atoms. The number of carbonyl (C=O) groups is 5. The van der Waals surface area contributed by atoms with E-state index in [0.717, 1.165) is 128 Å². The summed E-state index contributed by atoms with van der Waals surface area (Å²) in [5.41, 5.74) is 21.7. The van der Waals surface area contributed by atoms with Crippen molar-refractivity contribution in [2.75, 3.05) is 71.0 Å². The first-order valence-electron chi connectivity index (χ1n) is 43.2. The van der Waals surface area contributed by atoms with Crippen LogP contribution in [0.25, 0.3) is 68.9 Å². The number of ketones is 4. The van der Waals surface area contributed by atoms with E-state index in [-0.39, 0.29) is 124 Å². The van der Waals surface area contributed by atoms with Crippen molar-refractivity contribution in [2.24, 2.45) is 0 Å². The van der Waals surface area contributed by atoms with Crippen molar-refractivity contribution in [2.45, 2.75) is 85.5 Å². The summed E-state index contributed by atoms with van der Waals surface area (Å²) < 4.78 is 110. The van der Waals surface area contributed by atoms with Crippen molar-refractivity contribution in [3.63, 3.8) is 0 Å². The Morgan fingerprint density at radius 1 is 0.423 bits per heavy atom. The molecule has 0 spiro atoms. The molecule has 0 aliphatic heterocycles. The number of Topliss-reactive ketones (excluding diaryl/α,β-unsaturated/α-hetero) is 4. The van der Waals surface area contributed by atoms with Gasteiger partial charge in [-0.3, -0.25) is 29.1 Å². The molecule has 6 N–H and O–H groups in total. The lowest BCUT2D eigenvalue weighted by Crippen LogP contribution is -2.32. The molecule has 0 unspecified atom stereocenters. The van der Waals surface area contributed by atoms with Crippen LogP contribution in [0, 0.1) is 23.3 Å². The van der Waals surface area contributed by atoms with Crippen LogP contribution in [-0.4, -0.2) is 168 Å². The number of aromatic nitrogens is 7. The number of halogens is 4. The van der Waals surface area contributed by atoms with Crippen LogP contribution >= 0.6 is 0 Å². The average molecular weight is 1860 g/mol. The lowest BCUT2D eigenvalue weighted by molar-refractivity contribution is -0.118. The van der Waals surface area contributed by atoms with Crippen molar-refractivity contribution >= 4 is 111 Å². The third-order valence-electron chi connectivity index (χ3n) is 23.7. The Bertz CT molecular complexity index is 6780. The summed E-state index contributed by atoms with van der Waals surface area (Å²) in [6, 6.07) is 33.8. The molecule has 4 heterocycles. The standard InChI is InChI=1S/C28H28FN3O5.C27H25FN2O4.C25H24BFN2O5.C25H22FNO5/c1-16-19(8-9-23(33)27-30-10-11-31-27)22-15-18(29)6-7-20(22)21(16)12-17-13-24(35-4)26(25(14-17)36-5)37-28(34)32(2)3;1-16-21(7-5-20(31)14-19-15-29-8-9-30-19)24-13-18(28)4-6-22(24)23(16)10-17-11-25(33-2)27(32)26(12-17)34-3;1-14-17(6-7-22(30)21-12-28-13-29-21)20-11-16(27)4-5-18(20)19(14)8-15-9-23(33-2)25(26(31)32)24(10-15)34-3;1-14-17(6-7-21(28)22-8-9-27-32-22)20-13-16(26)4-5-18(20)19(14)10-15-11-23(30-2)25(29)24(12-15)31-3/h6-7,10-15H,8-9H2,1-5H3,(H,30,31);4,6,8-13,15,32H,5,7,14H2,1-3H3;4-5,8-13,31-32H,6-7H2,1-3H3,(H,28,29);4-5,8-13,29H,6-7H2,1-3H3/b21-12-;23-10-;19-8-;19-10-. The number of nitrogens with zero attached hydrogens (tertiary/aromatic N) is 6. The minimum atomic E-state index is -1.76. The van der Waals surface area contributed by atoms with Gasteiger partial charge in [0.05, 0.1) is 93.2 Å². The van der Waals surface area contributed by atoms with E-state index >= 15 is 0 Å². The second-order valence-corrected chi connectivity index (χ2v) is 32.1. The zero-order valence-corrected chi connectivity index (χ0v) is 77.6. The molecule has 704 valence electrons. The summed E-state index contributed by atoms with van der Waals surface area (Å²) in [6.45, 7) is 7.83. The van der Waals surface area contributed by atoms with E-state index in [2.05, 4.69) is 35.1 Å². The average Bonchev–Trinajstić information content (AvgIpc) is 1.63. The SMILES string of the molecule is COc1cc(/C=C2/C(C)=C(CCC(=O)Cc3cnccn3)c3cc(F)ccc32)cc(OC)c1O.COc1cc(/C=C2/C(C)=C(CCC(=O)c3ccno3)c3cc(F)ccc32)cc(OC)c1O.COc1cc(/C=C2/C(C)=C(CCC(=O)c3cnc[nH]3)c3cc(F)ccc32)cc(OC)c1B(O)O.COc1cc(/C=C2/C(C)=C(CCC(=O)c3ncc[nH]3)c3cc(F)ccc32)cc(OC)c1OC(=O)N(C)C. The molecule has 32 heteroatoms. The minimum absolute atomic E-state index is 0.0455. The van der Waals surface area contributed by atoms with E-state index in [0.29, 0.717) is 77.9 Å². The smallest absolute Gasteiger partial charge is 0.496 e. The number of hydrogen-bond acceptors (Lipinski definition) is 24. The van der Waals surface area contributed by atoms with Crippen LogP contribution in [0.4, 0.5) is 22.4 Å². The van der Waals surface area contributed by atoms with E-state index in [9.17, 15) is 61.8 Å². The third kappa shape index (κ3) is 22.4. The fourth-order valence-corrected chi connectivity index (χ4v) is 16.8. The van der Waals surface area contributed by atoms with Gasteiger partial charge in [-0.15, -0.1) is 0 Å². The molecule has 4 aliphatic rings. The molecular formula is C105H99BF4N8O19. The molecule has 0 fully saturated rings. The van der Waals surface area contributed by atoms with Gasteiger partial charge in [-0.05, 0) is 308 Å². The lowest BCUT2D eigenvalue weighted by atomic mass is 9.78. The molecule has 0 saturated heterocycles. The number of ether oxygens (including phenoxy) is 9. The van der Waals surface area contributed by atoms with Crippen LogP contribution in [0.1, 0.15) is 183 Å². The molecule has 0 atom stereocenters. The Labute approximate surface area is 787 Å². The highest BCUT2D eigenvalue weighted by molar-refractivity contribution is 6.61. The number of amides is 1. The zero-order valence-electron chi connectivity index (χ0n) is 77.6. The van der Waals surface area contributed by atoms with Crippen LogP contribution in [0.5, 0.6) is 63.2 Å². The first kappa shape index (κ1) is 98.5. The molecule has 4 aromatic heterocycles. The van der Waals surface area contributed by atoms with Gasteiger partial charge in [-0.1, -0.05) is 29.4 Å². The Morgan fingerprint density at radius 3 is 1.14 bits per heavy atom. The highest BCUT2D eigenvalue weighted by atomic mass is 19.1. The van der Waals surface area contributed by atoms with Gasteiger partial charge in [0, 0.05) is 76.8 Å². The fourth-order valence-electron chi connectivity index (χ4n) is 16.8. The molecule has 12 aromatic rings. The number of hydrogen-bond donors (Lipinski definition) is 6. The fraction of sp³-hybridized carbons (Fsp3) is 0.219. The van der Waals surface area contributed by atoms with E-state index in [1.54, 1.807) is 112 Å². The summed E-state index contributed by atoms with van der Waals surface area (Å²) in [4.78, 5) is 85.2. The number of aromatic amines is 2. The molecule has 16 rings (SSSR count). The number of imidazole rings is 2. The van der Waals surface area contributed by atoms with Crippen LogP contribution < -0.4 is 48.1 Å². The Morgan fingerprint density at radius 2 is 0.803 bits per heavy atom. The quantitative estimate of drug-likeness (QED) is 0.0133. The van der Waals surface area contributed by atoms with Crippen molar-refractivity contribution < 1.29 is 109 Å². The maximum absolute atomic E-state index is 14.2. The summed E-state index contributed by atoms with van der Waals surface area (Å²) in [6.07, 6.45) is 22.4. The third-order valence-corrected chi connectivity index (χ3v) is 23.7. The van der Waals surface area contributed by atoms with E-state index in [4.69, 9.17) is 47.2 Å². The number of phenols is 2. The molecule has 0 radical (unpaired) electrons. The Balaban J connectivity index is 0.000000155. The largest absolute Gasteiger partial charge is 0.502 e. The summed E-state index contributed by atoms with van der Waals surface area (Å²) in [7, 11) is 13.1. The highest BCUT2D eigenvalue weighted by Gasteiger charge is 2.33. The first-order chi connectivity index (χ1) is 65.9. The molecule has 4 aliphatic carbocycles. The van der Waals surface area contributed by atoms with E-state index in [1.165, 1.54) is 141 Å². The number of benzene rings is 8. The van der Waals surface area contributed by atoms with Gasteiger partial charge >= 0.3 is 13.2 Å². The van der Waals surface area contributed by atoms with Crippen LogP contribution in [0.3, 0.4) is 0 Å². The van der Waals surface area contributed by atoms with Crippen LogP contribution in [-0.2, 0) is 11.2 Å². The van der Waals surface area contributed by atoms with Crippen LogP contribution in [0.2, 0.25) is 0 Å². The molecule has 27 nitrogen and oxygen atoms in total. The van der Waals surface area contributed by atoms with E-state index in [1.807, 2.05) is 52.0 Å². The van der Waals surface area contributed by atoms with Gasteiger partial charge in [-0.25, -0.2) is 32.3 Å². The second-order valence-electron chi connectivity index (χ2n) is 32.1. The number of carbonyl (C=O) groups excluding carboxylic acids is 5. The van der Waals surface area contributed by atoms with Crippen molar-refractivity contribution in [3.05, 3.63) is 312 Å². The normalized spacial score (nSPS) is 13.8. The topological polar surface area (TPSA) is 362 Å². The number of rotatable bonds is 31. The van der Waals surface area contributed by atoms with Gasteiger partial charge in [-0.2, -0.15) is 0 Å². The van der Waals surface area contributed by atoms with Gasteiger partial charge in [0.15, 0.2) is 51.9 Å². The number of allylic oxidation sites excluding steroid dienone is 12. The van der Waals surface area contributed by atoms with Crippen molar-refractivity contribution in [1.29, 1.82) is 0 Å². The summed E-state index contributed by atoms with van der Waals surface area (Å²) in [5, 5.41) is 43.5. The van der Waals surface area contributed by atoms with Gasteiger partial charge in [0.2, 0.25) is 28.8 Å². The Kier molecular flexibility index (Phi) is 31.8. The Hall–Kier alpha value is -16.0. The summed E-state index contributed by atoms with van der Waals surface area (Å²) in [5.74, 6) is 1.20. The number of fused-ring (bicyclic) bond motifs is 4. The minimum Gasteiger partial charge on any atom is -0.502 e. The molecule has 0 saturated carbocycles. The van der Waals surface area contributed by atoms with Gasteiger partial charge < -0.3 is 82.3 Å². The van der Waals surface area contributed by atoms with Gasteiger partial charge in [0.1, 0.15) is 46.2 Å². The number of aromatic hydroxyl groups is 2. The monoisotopic (exact) mass is 1860 g/mol. The number of methoxy groups -OCH3 is 8. The maximum atomic E-state index is 14.2. The lowest BCUT2D eigenvalue weighted by Gasteiger charge is -2.17. The van der Waals surface area contributed by atoms with Crippen LogP contribution in [0.15, 0.2) is 204 Å². The predicted octanol–water partition coefficient (Wildman–Crippen LogP) is 19.6. The highest BCUT2D eigenvalue weighted by Crippen LogP contribution is 2.52. The molecule has 137 heavy (non-hydrogen) atoms. The van der Waals surface area contributed by atoms with Crippen molar-refractivity contribution in [3.8, 4) is 63.2 Å². The number of nitrogens with one attached hydrogen (secondary N) is 2. The van der Waals surface area contributed by atoms with E-state index < -0.39 is 13.2 Å². The second kappa shape index (κ2) is 44.3. The van der Waals surface area contributed by atoms with Gasteiger partial charge in [0.25, 0.3) is 0 Å². The summed E-state index contributed by atoms with van der Waals surface area (Å²) >= 11 is 0.